The van der Waals surface area contributed by atoms with E-state index in [9.17, 15) is 18.0 Å². The molecule has 1 heterocycles. The molecule has 0 spiro atoms. The number of rotatable bonds is 1. The maximum Gasteiger partial charge on any atom is 0.410 e. The van der Waals surface area contributed by atoms with Crippen molar-refractivity contribution in [2.75, 3.05) is 7.11 Å². The summed E-state index contributed by atoms with van der Waals surface area (Å²) >= 11 is 0. The minimum absolute atomic E-state index is 0.0391. The van der Waals surface area contributed by atoms with Gasteiger partial charge in [0.25, 0.3) is 5.91 Å². The Morgan fingerprint density at radius 2 is 2.12 bits per heavy atom. The van der Waals surface area contributed by atoms with Crippen LogP contribution in [-0.2, 0) is 15.0 Å². The zero-order chi connectivity index (χ0) is 12.6. The molecule has 0 bridgehead atoms. The van der Waals surface area contributed by atoms with Gasteiger partial charge in [-0.05, 0) is 18.2 Å². The maximum absolute atomic E-state index is 11.4. The first-order valence-electron chi connectivity index (χ1n) is 4.42. The van der Waals surface area contributed by atoms with Crippen LogP contribution in [0.1, 0.15) is 20.7 Å². The van der Waals surface area contributed by atoms with Crippen LogP contribution in [0.4, 0.5) is 0 Å². The van der Waals surface area contributed by atoms with Crippen molar-refractivity contribution in [3.8, 4) is 5.75 Å². The van der Waals surface area contributed by atoms with Crippen molar-refractivity contribution in [1.29, 1.82) is 0 Å². The third-order valence-electron chi connectivity index (χ3n) is 2.06. The van der Waals surface area contributed by atoms with Gasteiger partial charge in [0.15, 0.2) is 5.75 Å². The number of amides is 1. The van der Waals surface area contributed by atoms with E-state index in [1.165, 1.54) is 25.3 Å². The smallest absolute Gasteiger partial charge is 0.410 e. The number of ether oxygens (including phenoxy) is 1. The number of fused-ring (bicyclic) bond motifs is 1. The van der Waals surface area contributed by atoms with Crippen LogP contribution in [-0.4, -0.2) is 27.4 Å². The molecule has 1 aliphatic heterocycles. The molecule has 0 unspecified atom stereocenters. The largest absolute Gasteiger partial charge is 0.465 e. The molecule has 7 nitrogen and oxygen atoms in total. The lowest BCUT2D eigenvalue weighted by molar-refractivity contribution is 0.0600. The van der Waals surface area contributed by atoms with Crippen LogP contribution >= 0.6 is 0 Å². The number of carbonyl (C=O) groups is 2. The van der Waals surface area contributed by atoms with E-state index >= 15 is 0 Å². The summed E-state index contributed by atoms with van der Waals surface area (Å²) in [7, 11) is -2.90. The monoisotopic (exact) mass is 257 g/mol. The van der Waals surface area contributed by atoms with E-state index in [0.29, 0.717) is 0 Å². The molecule has 0 radical (unpaired) electrons. The Labute approximate surface area is 96.6 Å². The van der Waals surface area contributed by atoms with Gasteiger partial charge in [-0.3, -0.25) is 4.79 Å². The number of hydrogen-bond donors (Lipinski definition) is 1. The fraction of sp³-hybridized carbons (Fsp3) is 0.111. The van der Waals surface area contributed by atoms with Crippen LogP contribution in [0.2, 0.25) is 0 Å². The summed E-state index contributed by atoms with van der Waals surface area (Å²) in [6.07, 6.45) is 0. The van der Waals surface area contributed by atoms with E-state index in [1.54, 1.807) is 4.72 Å². The van der Waals surface area contributed by atoms with Crippen LogP contribution in [0.3, 0.4) is 0 Å². The molecule has 0 aliphatic carbocycles. The fourth-order valence-corrected chi connectivity index (χ4v) is 2.09. The number of hydrogen-bond acceptors (Lipinski definition) is 6. The van der Waals surface area contributed by atoms with Gasteiger partial charge in [-0.15, -0.1) is 0 Å². The summed E-state index contributed by atoms with van der Waals surface area (Å²) in [5, 5.41) is 0. The molecule has 1 aromatic carbocycles. The number of benzene rings is 1. The second kappa shape index (κ2) is 3.74. The molecular formula is C9H7NO6S. The molecule has 0 atom stereocenters. The minimum atomic E-state index is -4.10. The molecule has 0 saturated carbocycles. The van der Waals surface area contributed by atoms with Crippen molar-refractivity contribution in [1.82, 2.24) is 4.72 Å². The van der Waals surface area contributed by atoms with Crippen molar-refractivity contribution < 1.29 is 26.9 Å². The van der Waals surface area contributed by atoms with Crippen LogP contribution in [0.15, 0.2) is 18.2 Å². The Bertz CT molecular complexity index is 606. The average Bonchev–Trinajstić information content (AvgIpc) is 2.26. The van der Waals surface area contributed by atoms with Gasteiger partial charge in [-0.25, -0.2) is 9.52 Å². The molecule has 1 aliphatic rings. The van der Waals surface area contributed by atoms with E-state index in [4.69, 9.17) is 0 Å². The van der Waals surface area contributed by atoms with Gasteiger partial charge >= 0.3 is 16.3 Å². The highest BCUT2D eigenvalue weighted by Gasteiger charge is 2.29. The number of methoxy groups -OCH3 is 1. The van der Waals surface area contributed by atoms with E-state index in [-0.39, 0.29) is 16.9 Å². The molecular weight excluding hydrogens is 250 g/mol. The summed E-state index contributed by atoms with van der Waals surface area (Å²) in [6, 6.07) is 3.72. The summed E-state index contributed by atoms with van der Waals surface area (Å²) < 4.78 is 32.8. The van der Waals surface area contributed by atoms with E-state index < -0.39 is 22.2 Å². The van der Waals surface area contributed by atoms with Crippen LogP contribution in [0, 0.1) is 0 Å². The fourth-order valence-electron chi connectivity index (χ4n) is 1.33. The lowest BCUT2D eigenvalue weighted by Gasteiger charge is -2.17. The molecule has 17 heavy (non-hydrogen) atoms. The maximum atomic E-state index is 11.4. The molecule has 1 amide bonds. The second-order valence-electron chi connectivity index (χ2n) is 3.17. The number of esters is 1. The zero-order valence-electron chi connectivity index (χ0n) is 8.59. The Morgan fingerprint density at radius 3 is 2.76 bits per heavy atom. The van der Waals surface area contributed by atoms with Crippen molar-refractivity contribution in [3.63, 3.8) is 0 Å². The topological polar surface area (TPSA) is 98.8 Å². The average molecular weight is 257 g/mol. The van der Waals surface area contributed by atoms with Gasteiger partial charge < -0.3 is 8.92 Å². The van der Waals surface area contributed by atoms with E-state index in [1.807, 2.05) is 0 Å². The van der Waals surface area contributed by atoms with Crippen molar-refractivity contribution in [2.45, 2.75) is 0 Å². The standard InChI is InChI=1S/C9H7NO6S/c1-15-9(12)5-2-3-7-6(4-5)8(11)10-17(13,14)16-7/h2-4H,1H3,(H,10,11). The molecule has 2 rings (SSSR count). The number of carbonyl (C=O) groups excluding carboxylic acids is 2. The number of nitrogens with one attached hydrogen (secondary N) is 1. The quantitative estimate of drug-likeness (QED) is 0.702. The Balaban J connectivity index is 2.51. The van der Waals surface area contributed by atoms with E-state index in [0.717, 1.165) is 0 Å². The second-order valence-corrected chi connectivity index (χ2v) is 4.45. The summed E-state index contributed by atoms with van der Waals surface area (Å²) in [4.78, 5) is 22.7. The zero-order valence-corrected chi connectivity index (χ0v) is 9.41. The molecule has 0 saturated heterocycles. The molecule has 0 aromatic heterocycles. The predicted octanol–water partition coefficient (Wildman–Crippen LogP) is -0.160. The first-order valence-corrected chi connectivity index (χ1v) is 5.83. The van der Waals surface area contributed by atoms with Gasteiger partial charge in [-0.1, -0.05) is 0 Å². The van der Waals surface area contributed by atoms with E-state index in [2.05, 4.69) is 8.92 Å². The third kappa shape index (κ3) is 2.07. The molecule has 90 valence electrons. The third-order valence-corrected chi connectivity index (χ3v) is 2.90. The molecule has 1 N–H and O–H groups in total. The first-order chi connectivity index (χ1) is 7.93. The lowest BCUT2D eigenvalue weighted by Crippen LogP contribution is -2.38. The normalized spacial score (nSPS) is 16.4. The summed E-state index contributed by atoms with van der Waals surface area (Å²) in [5.41, 5.74) is 0.0898. The van der Waals surface area contributed by atoms with Crippen molar-refractivity contribution >= 4 is 22.2 Å². The van der Waals surface area contributed by atoms with Gasteiger partial charge in [0.2, 0.25) is 0 Å². The highest BCUT2D eigenvalue weighted by Crippen LogP contribution is 2.25. The van der Waals surface area contributed by atoms with Crippen LogP contribution in [0.25, 0.3) is 0 Å². The SMILES string of the molecule is COC(=O)c1ccc2c(c1)C(=O)NS(=O)(=O)O2. The molecule has 0 fully saturated rings. The Hall–Kier alpha value is -2.09. The summed E-state index contributed by atoms with van der Waals surface area (Å²) in [6.45, 7) is 0. The van der Waals surface area contributed by atoms with Crippen LogP contribution in [0.5, 0.6) is 5.75 Å². The molecule has 1 aromatic rings. The van der Waals surface area contributed by atoms with Crippen molar-refractivity contribution in [2.24, 2.45) is 0 Å². The van der Waals surface area contributed by atoms with Gasteiger partial charge in [-0.2, -0.15) is 8.42 Å². The lowest BCUT2D eigenvalue weighted by atomic mass is 10.1. The van der Waals surface area contributed by atoms with Gasteiger partial charge in [0, 0.05) is 0 Å². The van der Waals surface area contributed by atoms with Gasteiger partial charge in [0.05, 0.1) is 18.2 Å². The van der Waals surface area contributed by atoms with Crippen molar-refractivity contribution in [3.05, 3.63) is 29.3 Å². The Morgan fingerprint density at radius 1 is 1.41 bits per heavy atom. The first kappa shape index (κ1) is 11.4. The van der Waals surface area contributed by atoms with Gasteiger partial charge in [0.1, 0.15) is 0 Å². The minimum Gasteiger partial charge on any atom is -0.465 e. The highest BCUT2D eigenvalue weighted by atomic mass is 32.2. The Kier molecular flexibility index (Phi) is 2.50. The summed E-state index contributed by atoms with van der Waals surface area (Å²) in [5.74, 6) is -1.60. The van der Waals surface area contributed by atoms with Crippen LogP contribution < -0.4 is 8.91 Å². The predicted molar refractivity (Wildman–Crippen MR) is 54.8 cm³/mol. The molecule has 8 heteroatoms. The highest BCUT2D eigenvalue weighted by molar-refractivity contribution is 7.85.